The lowest BCUT2D eigenvalue weighted by atomic mass is 10.0. The molecule has 0 saturated heterocycles. The van der Waals surface area contributed by atoms with Gasteiger partial charge in [0, 0.05) is 24.0 Å². The van der Waals surface area contributed by atoms with Crippen LogP contribution in [0.5, 0.6) is 0 Å². The van der Waals surface area contributed by atoms with Gasteiger partial charge in [-0.05, 0) is 39.2 Å². The van der Waals surface area contributed by atoms with Crippen LogP contribution in [-0.2, 0) is 16.6 Å². The van der Waals surface area contributed by atoms with Gasteiger partial charge in [0.15, 0.2) is 0 Å². The van der Waals surface area contributed by atoms with Crippen molar-refractivity contribution < 1.29 is 13.5 Å². The highest BCUT2D eigenvalue weighted by Crippen LogP contribution is 2.20. The quantitative estimate of drug-likeness (QED) is 0.774. The summed E-state index contributed by atoms with van der Waals surface area (Å²) in [5, 5.41) is 9.34. The van der Waals surface area contributed by atoms with Crippen LogP contribution in [0.1, 0.15) is 59.2 Å². The molecule has 0 amide bonds. The summed E-state index contributed by atoms with van der Waals surface area (Å²) in [7, 11) is -3.54. The van der Waals surface area contributed by atoms with Gasteiger partial charge in [-0.25, -0.2) is 13.1 Å². The van der Waals surface area contributed by atoms with Crippen LogP contribution in [0.2, 0.25) is 0 Å². The molecule has 0 bridgehead atoms. The average Bonchev–Trinajstić information content (AvgIpc) is 2.82. The fraction of sp³-hybridized carbons (Fsp3) is 0.733. The molecule has 0 fully saturated rings. The Labute approximate surface area is 128 Å². The Morgan fingerprint density at radius 3 is 2.33 bits per heavy atom. The van der Waals surface area contributed by atoms with Gasteiger partial charge in [-0.1, -0.05) is 20.3 Å². The zero-order valence-electron chi connectivity index (χ0n) is 13.6. The highest BCUT2D eigenvalue weighted by molar-refractivity contribution is 7.89. The van der Waals surface area contributed by atoms with Gasteiger partial charge in [0.05, 0.1) is 11.5 Å². The normalized spacial score (nSPS) is 15.4. The number of hydrogen-bond acceptors (Lipinski definition) is 3. The molecule has 1 heterocycles. The van der Waals surface area contributed by atoms with Gasteiger partial charge in [0.1, 0.15) is 0 Å². The maximum absolute atomic E-state index is 12.4. The van der Waals surface area contributed by atoms with Crippen LogP contribution >= 0.6 is 0 Å². The third-order valence-corrected chi connectivity index (χ3v) is 5.30. The van der Waals surface area contributed by atoms with E-state index in [2.05, 4.69) is 18.6 Å². The Bertz CT molecular complexity index is 549. The van der Waals surface area contributed by atoms with Crippen molar-refractivity contribution in [2.75, 3.05) is 0 Å². The zero-order valence-corrected chi connectivity index (χ0v) is 14.4. The minimum atomic E-state index is -3.54. The topological polar surface area (TPSA) is 71.3 Å². The molecule has 0 saturated carbocycles. The second kappa shape index (κ2) is 7.42. The molecule has 1 aromatic rings. The van der Waals surface area contributed by atoms with Crippen molar-refractivity contribution in [1.29, 1.82) is 0 Å². The summed E-state index contributed by atoms with van der Waals surface area (Å²) in [4.78, 5) is 0.219. The zero-order chi connectivity index (χ0) is 16.2. The summed E-state index contributed by atoms with van der Waals surface area (Å²) in [6.45, 7) is 9.83. The van der Waals surface area contributed by atoms with E-state index in [4.69, 9.17) is 0 Å². The smallest absolute Gasteiger partial charge is 0.242 e. The first kappa shape index (κ1) is 18.2. The average molecular weight is 316 g/mol. The van der Waals surface area contributed by atoms with Crippen molar-refractivity contribution in [1.82, 2.24) is 9.29 Å². The molecule has 0 aromatic carbocycles. The molecule has 21 heavy (non-hydrogen) atoms. The first-order valence-corrected chi connectivity index (χ1v) is 9.03. The third-order valence-electron chi connectivity index (χ3n) is 3.74. The summed E-state index contributed by atoms with van der Waals surface area (Å²) in [5.74, 6) is 0.482. The van der Waals surface area contributed by atoms with Gasteiger partial charge in [0.2, 0.25) is 10.0 Å². The number of hydrogen-bond donors (Lipinski definition) is 2. The minimum Gasteiger partial charge on any atom is -0.390 e. The number of rotatable bonds is 8. The van der Waals surface area contributed by atoms with E-state index in [0.29, 0.717) is 11.6 Å². The summed E-state index contributed by atoms with van der Waals surface area (Å²) in [6.07, 6.45) is 3.44. The summed E-state index contributed by atoms with van der Waals surface area (Å²) < 4.78 is 29.3. The van der Waals surface area contributed by atoms with Gasteiger partial charge < -0.3 is 9.67 Å². The van der Waals surface area contributed by atoms with E-state index in [0.717, 1.165) is 12.8 Å². The van der Waals surface area contributed by atoms with Gasteiger partial charge in [-0.2, -0.15) is 0 Å². The predicted octanol–water partition coefficient (Wildman–Crippen LogP) is 2.66. The SMILES string of the molecule is CCC(C)CC(C)NS(=O)(=O)c1cc(CO)n(C(C)C)c1. The van der Waals surface area contributed by atoms with Crippen LogP contribution in [0.4, 0.5) is 0 Å². The van der Waals surface area contributed by atoms with Crippen LogP contribution in [-0.4, -0.2) is 24.1 Å². The van der Waals surface area contributed by atoms with Gasteiger partial charge in [-0.3, -0.25) is 0 Å². The highest BCUT2D eigenvalue weighted by atomic mass is 32.2. The van der Waals surface area contributed by atoms with E-state index in [1.54, 1.807) is 10.8 Å². The van der Waals surface area contributed by atoms with Crippen molar-refractivity contribution in [2.45, 2.75) is 71.0 Å². The van der Waals surface area contributed by atoms with Crippen molar-refractivity contribution in [3.05, 3.63) is 18.0 Å². The molecule has 0 radical (unpaired) electrons. The van der Waals surface area contributed by atoms with Gasteiger partial charge in [0.25, 0.3) is 0 Å². The first-order valence-electron chi connectivity index (χ1n) is 7.55. The maximum Gasteiger partial charge on any atom is 0.242 e. The van der Waals surface area contributed by atoms with E-state index < -0.39 is 10.0 Å². The lowest BCUT2D eigenvalue weighted by Crippen LogP contribution is -2.33. The number of aliphatic hydroxyl groups is 1. The molecule has 2 atom stereocenters. The molecular formula is C15H28N2O3S. The van der Waals surface area contributed by atoms with Crippen LogP contribution in [0.15, 0.2) is 17.2 Å². The van der Waals surface area contributed by atoms with Crippen molar-refractivity contribution in [3.63, 3.8) is 0 Å². The number of sulfonamides is 1. The third kappa shape index (κ3) is 4.83. The fourth-order valence-corrected chi connectivity index (χ4v) is 3.71. The van der Waals surface area contributed by atoms with E-state index in [1.165, 1.54) is 6.07 Å². The van der Waals surface area contributed by atoms with Crippen LogP contribution < -0.4 is 4.72 Å². The molecule has 1 rings (SSSR count). The standard InChI is InChI=1S/C15H28N2O3S/c1-6-12(4)7-13(5)16-21(19,20)15-8-14(10-18)17(9-15)11(2)3/h8-9,11-13,16,18H,6-7,10H2,1-5H3. The van der Waals surface area contributed by atoms with Gasteiger partial charge in [-0.15, -0.1) is 0 Å². The fourth-order valence-electron chi connectivity index (χ4n) is 2.40. The Balaban J connectivity index is 2.93. The molecule has 2 N–H and O–H groups in total. The van der Waals surface area contributed by atoms with E-state index >= 15 is 0 Å². The summed E-state index contributed by atoms with van der Waals surface area (Å²) in [5.41, 5.74) is 0.611. The number of aliphatic hydroxyl groups excluding tert-OH is 1. The van der Waals surface area contributed by atoms with E-state index in [9.17, 15) is 13.5 Å². The Hall–Kier alpha value is -0.850. The van der Waals surface area contributed by atoms with E-state index in [-0.39, 0.29) is 23.6 Å². The van der Waals surface area contributed by atoms with Crippen LogP contribution in [0, 0.1) is 5.92 Å². The Morgan fingerprint density at radius 2 is 1.90 bits per heavy atom. The molecule has 5 nitrogen and oxygen atoms in total. The van der Waals surface area contributed by atoms with E-state index in [1.807, 2.05) is 20.8 Å². The highest BCUT2D eigenvalue weighted by Gasteiger charge is 2.22. The maximum atomic E-state index is 12.4. The molecule has 1 aromatic heterocycles. The second-order valence-corrected chi connectivity index (χ2v) is 7.81. The first-order chi connectivity index (χ1) is 9.71. The number of nitrogens with one attached hydrogen (secondary N) is 1. The van der Waals surface area contributed by atoms with Gasteiger partial charge >= 0.3 is 0 Å². The number of aromatic nitrogens is 1. The lowest BCUT2D eigenvalue weighted by Gasteiger charge is -2.17. The Kier molecular flexibility index (Phi) is 6.43. The summed E-state index contributed by atoms with van der Waals surface area (Å²) in [6, 6.07) is 1.54. The molecular weight excluding hydrogens is 288 g/mol. The van der Waals surface area contributed by atoms with Crippen LogP contribution in [0.3, 0.4) is 0 Å². The Morgan fingerprint density at radius 1 is 1.29 bits per heavy atom. The van der Waals surface area contributed by atoms with Crippen LogP contribution in [0.25, 0.3) is 0 Å². The number of nitrogens with zero attached hydrogens (tertiary/aromatic N) is 1. The molecule has 2 unspecified atom stereocenters. The molecule has 122 valence electrons. The minimum absolute atomic E-state index is 0.105. The predicted molar refractivity (Wildman–Crippen MR) is 84.6 cm³/mol. The molecule has 6 heteroatoms. The van der Waals surface area contributed by atoms with Crippen molar-refractivity contribution in [3.8, 4) is 0 Å². The lowest BCUT2D eigenvalue weighted by molar-refractivity contribution is 0.268. The van der Waals surface area contributed by atoms with Crippen molar-refractivity contribution >= 4 is 10.0 Å². The molecule has 0 aliphatic carbocycles. The monoisotopic (exact) mass is 316 g/mol. The molecule has 0 aliphatic heterocycles. The molecule has 0 spiro atoms. The molecule has 0 aliphatic rings. The second-order valence-electron chi connectivity index (χ2n) is 6.10. The summed E-state index contributed by atoms with van der Waals surface area (Å²) >= 11 is 0. The van der Waals surface area contributed by atoms with Crippen molar-refractivity contribution in [2.24, 2.45) is 5.92 Å². The largest absolute Gasteiger partial charge is 0.390 e.